The van der Waals surface area contributed by atoms with Crippen LogP contribution in [0.2, 0.25) is 18.1 Å². The summed E-state index contributed by atoms with van der Waals surface area (Å²) >= 11 is 0. The Kier molecular flexibility index (Phi) is 9.70. The molecule has 0 aliphatic heterocycles. The van der Waals surface area contributed by atoms with Crippen LogP contribution in [0.5, 0.6) is 0 Å². The van der Waals surface area contributed by atoms with Crippen molar-refractivity contribution in [3.63, 3.8) is 0 Å². The number of hydrogen-bond donors (Lipinski definition) is 2. The van der Waals surface area contributed by atoms with Crippen LogP contribution >= 0.6 is 0 Å². The highest BCUT2D eigenvalue weighted by atomic mass is 28.4. The maximum Gasteiger partial charge on any atom is 0.192 e. The molecule has 1 aliphatic rings. The van der Waals surface area contributed by atoms with Gasteiger partial charge in [0.2, 0.25) is 0 Å². The summed E-state index contributed by atoms with van der Waals surface area (Å²) in [4.78, 5) is 0. The summed E-state index contributed by atoms with van der Waals surface area (Å²) in [6.45, 7) is 14.5. The first-order valence-corrected chi connectivity index (χ1v) is 11.1. The zero-order valence-corrected chi connectivity index (χ0v) is 15.9. The van der Waals surface area contributed by atoms with Crippen molar-refractivity contribution >= 4 is 8.32 Å². The molecule has 0 bridgehead atoms. The second-order valence-corrected chi connectivity index (χ2v) is 12.2. The molecule has 0 aromatic heterocycles. The van der Waals surface area contributed by atoms with E-state index >= 15 is 0 Å². The van der Waals surface area contributed by atoms with Gasteiger partial charge in [-0.2, -0.15) is 0 Å². The van der Waals surface area contributed by atoms with Gasteiger partial charge in [-0.3, -0.25) is 0 Å². The molecule has 0 spiro atoms. The van der Waals surface area contributed by atoms with Crippen molar-refractivity contribution in [1.82, 2.24) is 0 Å². The number of aliphatic hydroxyl groups excluding tert-OH is 2. The summed E-state index contributed by atoms with van der Waals surface area (Å²) in [5.74, 6) is 0.665. The van der Waals surface area contributed by atoms with Gasteiger partial charge in [0.25, 0.3) is 0 Å². The number of aliphatic hydroxyl groups is 2. The molecule has 0 amide bonds. The normalized spacial score (nSPS) is 19.6. The molecule has 1 unspecified atom stereocenters. The summed E-state index contributed by atoms with van der Waals surface area (Å²) in [6, 6.07) is 0. The van der Waals surface area contributed by atoms with Gasteiger partial charge in [-0.05, 0) is 62.2 Å². The average Bonchev–Trinajstić information content (AvgIpc) is 2.37. The molecule has 0 aromatic rings. The third-order valence-corrected chi connectivity index (χ3v) is 9.00. The van der Waals surface area contributed by atoms with Gasteiger partial charge in [0.1, 0.15) is 0 Å². The highest BCUT2D eigenvalue weighted by molar-refractivity contribution is 6.74. The third kappa shape index (κ3) is 8.14. The molecule has 2 N–H and O–H groups in total. The maximum absolute atomic E-state index is 9.03. The molecule has 0 heterocycles. The molecule has 1 aliphatic carbocycles. The molecule has 1 atom stereocenters. The molecule has 1 rings (SSSR count). The fourth-order valence-electron chi connectivity index (χ4n) is 2.12. The van der Waals surface area contributed by atoms with E-state index in [1.54, 1.807) is 6.92 Å². The van der Waals surface area contributed by atoms with E-state index in [9.17, 15) is 0 Å². The highest BCUT2D eigenvalue weighted by Crippen LogP contribution is 2.37. The van der Waals surface area contributed by atoms with E-state index in [0.717, 1.165) is 25.9 Å². The topological polar surface area (TPSA) is 49.7 Å². The minimum absolute atomic E-state index is 0.250. The quantitative estimate of drug-likeness (QED) is 0.592. The lowest BCUT2D eigenvalue weighted by atomic mass is 9.87. The first kappa shape index (κ1) is 20.8. The Bertz CT molecular complexity index is 306. The van der Waals surface area contributed by atoms with Crippen molar-refractivity contribution in [1.29, 1.82) is 0 Å². The molecule has 0 radical (unpaired) electrons. The van der Waals surface area contributed by atoms with Gasteiger partial charge in [-0.25, -0.2) is 0 Å². The van der Waals surface area contributed by atoms with Gasteiger partial charge in [-0.1, -0.05) is 26.8 Å². The average molecular weight is 317 g/mol. The van der Waals surface area contributed by atoms with Crippen LogP contribution < -0.4 is 0 Å². The molecule has 0 aromatic carbocycles. The fourth-order valence-corrected chi connectivity index (χ4v) is 3.10. The molecular formula is C17H36O3Si. The second-order valence-electron chi connectivity index (χ2n) is 7.39. The van der Waals surface area contributed by atoms with E-state index in [4.69, 9.17) is 14.6 Å². The van der Waals surface area contributed by atoms with Crippen LogP contribution in [-0.4, -0.2) is 38.4 Å². The molecule has 3 nitrogen and oxygen atoms in total. The van der Waals surface area contributed by atoms with E-state index in [1.165, 1.54) is 12.0 Å². The molecule has 0 saturated carbocycles. The summed E-state index contributed by atoms with van der Waals surface area (Å²) < 4.78 is 6.27. The van der Waals surface area contributed by atoms with E-state index < -0.39 is 8.32 Å². The zero-order valence-electron chi connectivity index (χ0n) is 14.9. The van der Waals surface area contributed by atoms with Crippen LogP contribution in [0.4, 0.5) is 0 Å². The molecular weight excluding hydrogens is 280 g/mol. The highest BCUT2D eigenvalue weighted by Gasteiger charge is 2.37. The van der Waals surface area contributed by atoms with E-state index in [0.29, 0.717) is 12.5 Å². The van der Waals surface area contributed by atoms with Crippen LogP contribution in [-0.2, 0) is 4.43 Å². The Hall–Kier alpha value is -0.163. The Morgan fingerprint density at radius 1 is 1.29 bits per heavy atom. The first-order valence-electron chi connectivity index (χ1n) is 8.21. The molecule has 4 heteroatoms. The van der Waals surface area contributed by atoms with E-state index in [-0.39, 0.29) is 11.6 Å². The van der Waals surface area contributed by atoms with Crippen molar-refractivity contribution in [2.24, 2.45) is 5.92 Å². The van der Waals surface area contributed by atoms with Crippen molar-refractivity contribution in [3.8, 4) is 0 Å². The van der Waals surface area contributed by atoms with Crippen LogP contribution in [0.25, 0.3) is 0 Å². The summed E-state index contributed by atoms with van der Waals surface area (Å²) in [5.41, 5.74) is 1.45. The third-order valence-electron chi connectivity index (χ3n) is 4.52. The molecule has 126 valence electrons. The molecule has 0 fully saturated rings. The Morgan fingerprint density at radius 2 is 1.86 bits per heavy atom. The van der Waals surface area contributed by atoms with Gasteiger partial charge in [-0.15, -0.1) is 0 Å². The lowest BCUT2D eigenvalue weighted by molar-refractivity contribution is 0.242. The van der Waals surface area contributed by atoms with E-state index in [1.807, 2.05) is 0 Å². The Morgan fingerprint density at radius 3 is 2.33 bits per heavy atom. The first-order chi connectivity index (χ1) is 9.67. The van der Waals surface area contributed by atoms with Gasteiger partial charge < -0.3 is 14.6 Å². The fraction of sp³-hybridized carbons (Fsp3) is 0.882. The largest absolute Gasteiger partial charge is 0.413 e. The minimum Gasteiger partial charge on any atom is -0.413 e. The zero-order chi connectivity index (χ0) is 16.5. The van der Waals surface area contributed by atoms with Crippen molar-refractivity contribution in [2.75, 3.05) is 19.8 Å². The van der Waals surface area contributed by atoms with E-state index in [2.05, 4.69) is 39.9 Å². The van der Waals surface area contributed by atoms with Crippen molar-refractivity contribution in [3.05, 3.63) is 11.6 Å². The number of allylic oxidation sites excluding steroid dienone is 1. The van der Waals surface area contributed by atoms with Crippen molar-refractivity contribution < 1.29 is 14.6 Å². The Balaban J connectivity index is 0.00000122. The molecule has 21 heavy (non-hydrogen) atoms. The van der Waals surface area contributed by atoms with Crippen molar-refractivity contribution in [2.45, 2.75) is 71.5 Å². The summed E-state index contributed by atoms with van der Waals surface area (Å²) in [6.07, 6.45) is 6.79. The minimum atomic E-state index is -1.62. The van der Waals surface area contributed by atoms with Gasteiger partial charge in [0.15, 0.2) is 8.32 Å². The second kappa shape index (κ2) is 9.77. The van der Waals surface area contributed by atoms with Crippen LogP contribution in [0.1, 0.15) is 53.4 Å². The van der Waals surface area contributed by atoms with Crippen LogP contribution in [0.3, 0.4) is 0 Å². The number of rotatable bonds is 5. The lowest BCUT2D eigenvalue weighted by Gasteiger charge is -2.37. The monoisotopic (exact) mass is 316 g/mol. The number of hydrogen-bond acceptors (Lipinski definition) is 3. The summed E-state index contributed by atoms with van der Waals surface area (Å²) in [7, 11) is -1.62. The van der Waals surface area contributed by atoms with Gasteiger partial charge in [0, 0.05) is 13.2 Å². The van der Waals surface area contributed by atoms with Crippen LogP contribution in [0.15, 0.2) is 11.6 Å². The van der Waals surface area contributed by atoms with Gasteiger partial charge in [0.05, 0.1) is 6.61 Å². The van der Waals surface area contributed by atoms with Crippen LogP contribution in [0, 0.1) is 5.92 Å². The Labute approximate surface area is 132 Å². The predicted molar refractivity (Wildman–Crippen MR) is 93.0 cm³/mol. The van der Waals surface area contributed by atoms with Gasteiger partial charge >= 0.3 is 0 Å². The smallest absolute Gasteiger partial charge is 0.192 e. The summed E-state index contributed by atoms with van der Waals surface area (Å²) in [5, 5.41) is 16.9. The molecule has 0 saturated heterocycles. The standard InChI is InChI=1S/C15H30O2Si.C2H6O/c1-15(2,3)18(4,5)17-12-14-8-6-7-13(11-14)9-10-16;1-2-3/h8,13,16H,6-7,9-12H2,1-5H3;3H,2H2,1H3. The SMILES string of the molecule is CC(C)(C)[Si](C)(C)OCC1=CCCC(CCO)C1.CCO. The lowest BCUT2D eigenvalue weighted by Crippen LogP contribution is -2.41. The predicted octanol–water partition coefficient (Wildman–Crippen LogP) is 4.12. The maximum atomic E-state index is 9.03.